The number of hydrogen-bond donors (Lipinski definition) is 2. The van der Waals surface area contributed by atoms with Crippen LogP contribution in [-0.4, -0.2) is 76.2 Å². The molecule has 2 amide bonds. The number of carbonyl (C=O) groups excluding carboxylic acids is 1. The molecule has 1 aromatic rings. The number of rotatable bonds is 6. The third-order valence-electron chi connectivity index (χ3n) is 6.11. The predicted molar refractivity (Wildman–Crippen MR) is 112 cm³/mol. The van der Waals surface area contributed by atoms with E-state index in [0.29, 0.717) is 25.7 Å². The molecule has 2 fully saturated rings. The van der Waals surface area contributed by atoms with Crippen LogP contribution in [0.5, 0.6) is 11.5 Å². The first-order chi connectivity index (χ1) is 14.7. The Balaban J connectivity index is 1.32. The average molecular weight is 420 g/mol. The molecule has 2 N–H and O–H groups in total. The lowest BCUT2D eigenvalue weighted by molar-refractivity contribution is 0.00211. The summed E-state index contributed by atoms with van der Waals surface area (Å²) in [5.74, 6) is 1.95. The number of carbonyl (C=O) groups is 1. The van der Waals surface area contributed by atoms with Crippen LogP contribution in [0.15, 0.2) is 18.2 Å². The van der Waals surface area contributed by atoms with Crippen LogP contribution in [0.3, 0.4) is 0 Å². The fourth-order valence-corrected chi connectivity index (χ4v) is 4.34. The minimum absolute atomic E-state index is 0.140. The van der Waals surface area contributed by atoms with Crippen molar-refractivity contribution in [3.63, 3.8) is 0 Å². The number of hydrogen-bond acceptors (Lipinski definition) is 6. The molecule has 0 saturated carbocycles. The molecule has 0 aliphatic carbocycles. The van der Waals surface area contributed by atoms with Crippen molar-refractivity contribution in [2.45, 2.75) is 31.8 Å². The van der Waals surface area contributed by atoms with E-state index in [9.17, 15) is 4.79 Å². The molecule has 3 atom stereocenters. The molecule has 1 aromatic carbocycles. The molecule has 3 aliphatic rings. The second-order valence-corrected chi connectivity index (χ2v) is 8.17. The zero-order valence-corrected chi connectivity index (χ0v) is 17.7. The normalized spacial score (nSPS) is 24.0. The van der Waals surface area contributed by atoms with Gasteiger partial charge in [-0.15, -0.1) is 0 Å². The summed E-state index contributed by atoms with van der Waals surface area (Å²) in [6.07, 6.45) is 1.91. The maximum absolute atomic E-state index is 12.6. The summed E-state index contributed by atoms with van der Waals surface area (Å²) >= 11 is 0. The molecule has 8 heteroatoms. The molecule has 8 nitrogen and oxygen atoms in total. The summed E-state index contributed by atoms with van der Waals surface area (Å²) in [7, 11) is 0. The van der Waals surface area contributed by atoms with Gasteiger partial charge in [-0.2, -0.15) is 0 Å². The van der Waals surface area contributed by atoms with Gasteiger partial charge in [0.2, 0.25) is 0 Å². The summed E-state index contributed by atoms with van der Waals surface area (Å²) in [6.45, 7) is 8.76. The van der Waals surface area contributed by atoms with E-state index in [4.69, 9.17) is 18.9 Å². The Hall–Kier alpha value is -2.03. The Morgan fingerprint density at radius 2 is 1.90 bits per heavy atom. The van der Waals surface area contributed by atoms with Gasteiger partial charge in [0, 0.05) is 44.6 Å². The van der Waals surface area contributed by atoms with E-state index >= 15 is 0 Å². The highest BCUT2D eigenvalue weighted by atomic mass is 16.5. The highest BCUT2D eigenvalue weighted by Crippen LogP contribution is 2.32. The van der Waals surface area contributed by atoms with Gasteiger partial charge in [-0.3, -0.25) is 4.90 Å². The molecule has 3 unspecified atom stereocenters. The number of ether oxygens (including phenoxy) is 4. The Kier molecular flexibility index (Phi) is 7.30. The van der Waals surface area contributed by atoms with E-state index in [1.807, 2.05) is 25.1 Å². The van der Waals surface area contributed by atoms with Gasteiger partial charge in [-0.1, -0.05) is 6.07 Å². The Morgan fingerprint density at radius 3 is 2.67 bits per heavy atom. The summed E-state index contributed by atoms with van der Waals surface area (Å²) in [5, 5.41) is 6.13. The number of nitrogens with zero attached hydrogens (tertiary/aromatic N) is 1. The quantitative estimate of drug-likeness (QED) is 0.734. The van der Waals surface area contributed by atoms with Gasteiger partial charge in [0.1, 0.15) is 0 Å². The van der Waals surface area contributed by atoms with Gasteiger partial charge in [-0.25, -0.2) is 4.79 Å². The van der Waals surface area contributed by atoms with E-state index in [-0.39, 0.29) is 18.1 Å². The van der Waals surface area contributed by atoms with E-state index in [2.05, 4.69) is 15.5 Å². The average Bonchev–Trinajstić information content (AvgIpc) is 3.19. The van der Waals surface area contributed by atoms with E-state index in [0.717, 1.165) is 69.4 Å². The molecule has 0 spiro atoms. The monoisotopic (exact) mass is 419 g/mol. The minimum Gasteiger partial charge on any atom is -0.490 e. The lowest BCUT2D eigenvalue weighted by atomic mass is 9.97. The first-order valence-corrected chi connectivity index (χ1v) is 11.0. The van der Waals surface area contributed by atoms with Gasteiger partial charge in [0.25, 0.3) is 0 Å². The molecule has 2 saturated heterocycles. The second kappa shape index (κ2) is 10.3. The molecular formula is C22H33N3O5. The summed E-state index contributed by atoms with van der Waals surface area (Å²) < 4.78 is 22.6. The number of morpholine rings is 1. The molecular weight excluding hydrogens is 386 g/mol. The third kappa shape index (κ3) is 5.36. The van der Waals surface area contributed by atoms with Crippen LogP contribution >= 0.6 is 0 Å². The van der Waals surface area contributed by atoms with Gasteiger partial charge in [0.05, 0.1) is 39.1 Å². The Labute approximate surface area is 178 Å². The lowest BCUT2D eigenvalue weighted by Gasteiger charge is -2.37. The molecule has 3 aliphatic heterocycles. The van der Waals surface area contributed by atoms with E-state index in [1.165, 1.54) is 0 Å². The van der Waals surface area contributed by atoms with Crippen molar-refractivity contribution in [3.8, 4) is 11.5 Å². The number of amides is 2. The zero-order valence-electron chi connectivity index (χ0n) is 17.7. The first-order valence-electron chi connectivity index (χ1n) is 11.0. The predicted octanol–water partition coefficient (Wildman–Crippen LogP) is 1.95. The van der Waals surface area contributed by atoms with Crippen molar-refractivity contribution in [3.05, 3.63) is 23.8 Å². The van der Waals surface area contributed by atoms with E-state index < -0.39 is 0 Å². The van der Waals surface area contributed by atoms with Crippen molar-refractivity contribution in [2.24, 2.45) is 5.92 Å². The molecule has 4 rings (SSSR count). The second-order valence-electron chi connectivity index (χ2n) is 8.17. The molecule has 166 valence electrons. The lowest BCUT2D eigenvalue weighted by Crippen LogP contribution is -2.53. The van der Waals surface area contributed by atoms with Crippen molar-refractivity contribution in [2.75, 3.05) is 59.3 Å². The van der Waals surface area contributed by atoms with Crippen LogP contribution in [0.2, 0.25) is 0 Å². The Bertz CT molecular complexity index is 704. The topological polar surface area (TPSA) is 81.3 Å². The maximum Gasteiger partial charge on any atom is 0.315 e. The van der Waals surface area contributed by atoms with Gasteiger partial charge >= 0.3 is 6.03 Å². The fraction of sp³-hybridized carbons (Fsp3) is 0.682. The molecule has 0 radical (unpaired) electrons. The third-order valence-corrected chi connectivity index (χ3v) is 6.11. The Morgan fingerprint density at radius 1 is 1.10 bits per heavy atom. The SMILES string of the molecule is CC(NC(=O)NCC(C1CCOC1)N1CCOCC1)c1ccc2c(c1)OCCCO2. The molecule has 0 bridgehead atoms. The van der Waals surface area contributed by atoms with Gasteiger partial charge in [0.15, 0.2) is 11.5 Å². The van der Waals surface area contributed by atoms with Gasteiger partial charge in [-0.05, 0) is 31.0 Å². The van der Waals surface area contributed by atoms with Crippen LogP contribution in [0.25, 0.3) is 0 Å². The van der Waals surface area contributed by atoms with Crippen LogP contribution in [0.4, 0.5) is 4.79 Å². The standard InChI is InChI=1S/C22H33N3O5/c1-16(17-3-4-20-21(13-17)30-9-2-8-29-20)24-22(26)23-14-19(18-5-10-28-15-18)25-6-11-27-12-7-25/h3-4,13,16,18-19H,2,5-12,14-15H2,1H3,(H2,23,24,26). The van der Waals surface area contributed by atoms with E-state index in [1.54, 1.807) is 0 Å². The molecule has 3 heterocycles. The number of nitrogens with one attached hydrogen (secondary N) is 2. The summed E-state index contributed by atoms with van der Waals surface area (Å²) in [6, 6.07) is 5.82. The summed E-state index contributed by atoms with van der Waals surface area (Å²) in [5.41, 5.74) is 0.989. The summed E-state index contributed by atoms with van der Waals surface area (Å²) in [4.78, 5) is 15.0. The van der Waals surface area contributed by atoms with Crippen molar-refractivity contribution < 1.29 is 23.7 Å². The maximum atomic E-state index is 12.6. The first kappa shape index (κ1) is 21.2. The fourth-order valence-electron chi connectivity index (χ4n) is 4.34. The van der Waals surface area contributed by atoms with Crippen LogP contribution in [-0.2, 0) is 9.47 Å². The van der Waals surface area contributed by atoms with Crippen molar-refractivity contribution in [1.82, 2.24) is 15.5 Å². The number of urea groups is 1. The largest absolute Gasteiger partial charge is 0.490 e. The van der Waals surface area contributed by atoms with Crippen molar-refractivity contribution in [1.29, 1.82) is 0 Å². The van der Waals surface area contributed by atoms with Crippen molar-refractivity contribution >= 4 is 6.03 Å². The zero-order chi connectivity index (χ0) is 20.8. The number of fused-ring (bicyclic) bond motifs is 1. The molecule has 30 heavy (non-hydrogen) atoms. The van der Waals surface area contributed by atoms with Crippen LogP contribution < -0.4 is 20.1 Å². The minimum atomic E-state index is -0.160. The highest BCUT2D eigenvalue weighted by molar-refractivity contribution is 5.74. The highest BCUT2D eigenvalue weighted by Gasteiger charge is 2.31. The molecule has 0 aromatic heterocycles. The van der Waals surface area contributed by atoms with Crippen LogP contribution in [0.1, 0.15) is 31.4 Å². The smallest absolute Gasteiger partial charge is 0.315 e. The van der Waals surface area contributed by atoms with Gasteiger partial charge < -0.3 is 29.6 Å². The van der Waals surface area contributed by atoms with Crippen LogP contribution in [0, 0.1) is 5.92 Å². The number of benzene rings is 1.